The molecule has 3 rings (SSSR count). The summed E-state index contributed by atoms with van der Waals surface area (Å²) in [5, 5.41) is 3.84. The number of benzene rings is 3. The number of hydrogen-bond donors (Lipinski definition) is 1. The molecule has 0 saturated carbocycles. The monoisotopic (exact) mass is 589 g/mol. The Hall–Kier alpha value is -3.07. The summed E-state index contributed by atoms with van der Waals surface area (Å²) in [6, 6.07) is 18.7. The van der Waals surface area contributed by atoms with E-state index in [-0.39, 0.29) is 23.4 Å². The molecule has 10 heteroatoms. The van der Waals surface area contributed by atoms with Gasteiger partial charge in [-0.15, -0.1) is 0 Å². The first-order chi connectivity index (χ1) is 18.4. The SMILES string of the molecule is CC[C@H](C)NC(=O)[C@H](C)N(Cc1cccc(Cl)c1)C(=O)CN(c1ccc(Cl)cc1C)S(=O)(=O)c1ccccc1. The third-order valence-electron chi connectivity index (χ3n) is 6.45. The van der Waals surface area contributed by atoms with Crippen LogP contribution < -0.4 is 9.62 Å². The fourth-order valence-corrected chi connectivity index (χ4v) is 5.95. The Morgan fingerprint density at radius 3 is 2.21 bits per heavy atom. The molecule has 2 atom stereocenters. The Balaban J connectivity index is 2.05. The fourth-order valence-electron chi connectivity index (χ4n) is 4.01. The van der Waals surface area contributed by atoms with Gasteiger partial charge in [0.1, 0.15) is 12.6 Å². The summed E-state index contributed by atoms with van der Waals surface area (Å²) in [5.74, 6) is -0.879. The molecule has 0 aromatic heterocycles. The quantitative estimate of drug-likeness (QED) is 0.305. The number of carbonyl (C=O) groups is 2. The molecule has 7 nitrogen and oxygen atoms in total. The lowest BCUT2D eigenvalue weighted by atomic mass is 10.1. The van der Waals surface area contributed by atoms with E-state index in [9.17, 15) is 18.0 Å². The van der Waals surface area contributed by atoms with Crippen LogP contribution in [0.3, 0.4) is 0 Å². The molecule has 0 aliphatic heterocycles. The largest absolute Gasteiger partial charge is 0.352 e. The molecule has 0 saturated heterocycles. The smallest absolute Gasteiger partial charge is 0.264 e. The zero-order valence-corrected chi connectivity index (χ0v) is 24.7. The van der Waals surface area contributed by atoms with Crippen LogP contribution in [0, 0.1) is 6.92 Å². The van der Waals surface area contributed by atoms with Gasteiger partial charge >= 0.3 is 0 Å². The number of carbonyl (C=O) groups excluding carboxylic acids is 2. The lowest BCUT2D eigenvalue weighted by Gasteiger charge is -2.33. The van der Waals surface area contributed by atoms with E-state index in [1.165, 1.54) is 17.0 Å². The number of aryl methyl sites for hydroxylation is 1. The van der Waals surface area contributed by atoms with Crippen molar-refractivity contribution in [3.63, 3.8) is 0 Å². The molecule has 0 aliphatic rings. The van der Waals surface area contributed by atoms with E-state index in [1.807, 2.05) is 13.8 Å². The normalized spacial score (nSPS) is 12.9. The molecule has 3 aromatic rings. The molecular weight excluding hydrogens is 557 g/mol. The second kappa shape index (κ2) is 13.3. The molecule has 0 unspecified atom stereocenters. The number of halogens is 2. The van der Waals surface area contributed by atoms with Crippen LogP contribution in [0.1, 0.15) is 38.3 Å². The van der Waals surface area contributed by atoms with E-state index < -0.39 is 28.5 Å². The molecule has 0 fully saturated rings. The first-order valence-electron chi connectivity index (χ1n) is 12.6. The highest BCUT2D eigenvalue weighted by Gasteiger charge is 2.33. The Bertz CT molecular complexity index is 1420. The summed E-state index contributed by atoms with van der Waals surface area (Å²) in [7, 11) is -4.15. The van der Waals surface area contributed by atoms with Crippen molar-refractivity contribution in [3.8, 4) is 0 Å². The summed E-state index contributed by atoms with van der Waals surface area (Å²) in [4.78, 5) is 28.5. The molecule has 0 spiro atoms. The van der Waals surface area contributed by atoms with Gasteiger partial charge in [0.15, 0.2) is 0 Å². The fraction of sp³-hybridized carbons (Fsp3) is 0.310. The van der Waals surface area contributed by atoms with Crippen molar-refractivity contribution in [2.45, 2.75) is 57.6 Å². The van der Waals surface area contributed by atoms with Crippen LogP contribution in [0.4, 0.5) is 5.69 Å². The van der Waals surface area contributed by atoms with Gasteiger partial charge in [-0.25, -0.2) is 8.42 Å². The van der Waals surface area contributed by atoms with E-state index in [4.69, 9.17) is 23.2 Å². The van der Waals surface area contributed by atoms with E-state index >= 15 is 0 Å². The maximum atomic E-state index is 14.0. The maximum absolute atomic E-state index is 14.0. The first kappa shape index (κ1) is 30.5. The number of nitrogens with zero attached hydrogens (tertiary/aromatic N) is 2. The first-order valence-corrected chi connectivity index (χ1v) is 14.8. The minimum absolute atomic E-state index is 0.0381. The van der Waals surface area contributed by atoms with Gasteiger partial charge < -0.3 is 10.2 Å². The molecule has 1 N–H and O–H groups in total. The predicted molar refractivity (Wildman–Crippen MR) is 157 cm³/mol. The van der Waals surface area contributed by atoms with Crippen LogP contribution >= 0.6 is 23.2 Å². The van der Waals surface area contributed by atoms with Crippen LogP contribution in [0.25, 0.3) is 0 Å². The molecule has 3 aromatic carbocycles. The Morgan fingerprint density at radius 1 is 0.923 bits per heavy atom. The molecule has 0 aliphatic carbocycles. The average Bonchev–Trinajstić information content (AvgIpc) is 2.90. The van der Waals surface area contributed by atoms with Gasteiger partial charge in [-0.1, -0.05) is 60.5 Å². The molecule has 39 heavy (non-hydrogen) atoms. The standard InChI is InChI=1S/C29H33Cl2N3O4S/c1-5-21(3)32-29(36)22(4)33(18-23-10-9-11-24(30)17-23)28(35)19-34(27-15-14-25(31)16-20(27)2)39(37,38)26-12-7-6-8-13-26/h6-17,21-22H,5,18-19H2,1-4H3,(H,32,36)/t21-,22-/m0/s1. The van der Waals surface area contributed by atoms with Crippen molar-refractivity contribution in [3.05, 3.63) is 94.0 Å². The number of nitrogens with one attached hydrogen (secondary N) is 1. The van der Waals surface area contributed by atoms with Gasteiger partial charge in [0.2, 0.25) is 11.8 Å². The van der Waals surface area contributed by atoms with Gasteiger partial charge in [0.05, 0.1) is 10.6 Å². The highest BCUT2D eigenvalue weighted by atomic mass is 35.5. The average molecular weight is 591 g/mol. The summed E-state index contributed by atoms with van der Waals surface area (Å²) in [6.07, 6.45) is 0.722. The number of hydrogen-bond acceptors (Lipinski definition) is 4. The minimum Gasteiger partial charge on any atom is -0.352 e. The summed E-state index contributed by atoms with van der Waals surface area (Å²) in [5.41, 5.74) is 1.61. The van der Waals surface area contributed by atoms with Crippen molar-refractivity contribution in [1.29, 1.82) is 0 Å². The summed E-state index contributed by atoms with van der Waals surface area (Å²) in [6.45, 7) is 6.72. The Morgan fingerprint density at radius 2 is 1.59 bits per heavy atom. The second-order valence-electron chi connectivity index (χ2n) is 9.40. The van der Waals surface area contributed by atoms with E-state index in [0.29, 0.717) is 26.9 Å². The topological polar surface area (TPSA) is 86.8 Å². The summed E-state index contributed by atoms with van der Waals surface area (Å²) >= 11 is 12.3. The van der Waals surface area contributed by atoms with E-state index in [1.54, 1.807) is 74.5 Å². The zero-order chi connectivity index (χ0) is 28.7. The maximum Gasteiger partial charge on any atom is 0.264 e. The lowest BCUT2D eigenvalue weighted by molar-refractivity contribution is -0.139. The van der Waals surface area contributed by atoms with Crippen LogP contribution in [0.15, 0.2) is 77.7 Å². The molecule has 0 radical (unpaired) electrons. The minimum atomic E-state index is -4.15. The molecule has 0 heterocycles. The number of sulfonamides is 1. The van der Waals surface area contributed by atoms with E-state index in [0.717, 1.165) is 10.7 Å². The van der Waals surface area contributed by atoms with Crippen LogP contribution in [-0.2, 0) is 26.2 Å². The highest BCUT2D eigenvalue weighted by molar-refractivity contribution is 7.92. The Kier molecular flexibility index (Phi) is 10.4. The second-order valence-corrected chi connectivity index (χ2v) is 12.1. The lowest BCUT2D eigenvalue weighted by Crippen LogP contribution is -2.52. The van der Waals surface area contributed by atoms with Crippen LogP contribution in [-0.4, -0.2) is 43.8 Å². The van der Waals surface area contributed by atoms with Gasteiger partial charge in [-0.2, -0.15) is 0 Å². The van der Waals surface area contributed by atoms with Crippen LogP contribution in [0.2, 0.25) is 10.0 Å². The van der Waals surface area contributed by atoms with Crippen molar-refractivity contribution < 1.29 is 18.0 Å². The molecular formula is C29H33Cl2N3O4S. The van der Waals surface area contributed by atoms with Crippen molar-refractivity contribution in [2.75, 3.05) is 10.8 Å². The zero-order valence-electron chi connectivity index (χ0n) is 22.4. The highest BCUT2D eigenvalue weighted by Crippen LogP contribution is 2.29. The number of amides is 2. The van der Waals surface area contributed by atoms with E-state index in [2.05, 4.69) is 5.32 Å². The third kappa shape index (κ3) is 7.75. The van der Waals surface area contributed by atoms with Crippen molar-refractivity contribution in [1.82, 2.24) is 10.2 Å². The third-order valence-corrected chi connectivity index (χ3v) is 8.69. The van der Waals surface area contributed by atoms with Gasteiger partial charge in [-0.3, -0.25) is 13.9 Å². The summed E-state index contributed by atoms with van der Waals surface area (Å²) < 4.78 is 28.8. The molecule has 2 amide bonds. The number of rotatable bonds is 11. The van der Waals surface area contributed by atoms with Crippen molar-refractivity contribution >= 4 is 50.7 Å². The van der Waals surface area contributed by atoms with Crippen LogP contribution in [0.5, 0.6) is 0 Å². The number of anilines is 1. The van der Waals surface area contributed by atoms with Gasteiger partial charge in [0.25, 0.3) is 10.0 Å². The Labute approximate surface area is 240 Å². The van der Waals surface area contributed by atoms with Gasteiger partial charge in [0, 0.05) is 22.6 Å². The molecule has 208 valence electrons. The predicted octanol–water partition coefficient (Wildman–Crippen LogP) is 5.83. The van der Waals surface area contributed by atoms with Gasteiger partial charge in [-0.05, 0) is 80.8 Å². The van der Waals surface area contributed by atoms with Crippen molar-refractivity contribution in [2.24, 2.45) is 0 Å². The molecule has 0 bridgehead atoms.